The number of ether oxygens (including phenoxy) is 1. The van der Waals surface area contributed by atoms with Crippen molar-refractivity contribution in [2.75, 3.05) is 20.2 Å². The lowest BCUT2D eigenvalue weighted by Crippen LogP contribution is -2.61. The molecule has 1 aromatic carbocycles. The molecule has 0 aromatic heterocycles. The summed E-state index contributed by atoms with van der Waals surface area (Å²) < 4.78 is 5.41. The SMILES string of the molecule is COc1ccc(CN)cc1CN1CCNC(=O)C1(C)C. The summed E-state index contributed by atoms with van der Waals surface area (Å²) in [5.74, 6) is 0.904. The standard InChI is InChI=1S/C15H23N3O2/c1-15(2)14(19)17-6-7-18(15)10-12-8-11(9-16)4-5-13(12)20-3/h4-5,8H,6-7,9-10,16H2,1-3H3,(H,17,19). The second kappa shape index (κ2) is 5.81. The molecule has 1 heterocycles. The summed E-state index contributed by atoms with van der Waals surface area (Å²) in [4.78, 5) is 14.2. The first kappa shape index (κ1) is 14.8. The molecule has 5 nitrogen and oxygen atoms in total. The molecule has 3 N–H and O–H groups in total. The van der Waals surface area contributed by atoms with Crippen LogP contribution in [0.5, 0.6) is 5.75 Å². The molecule has 0 saturated carbocycles. The van der Waals surface area contributed by atoms with Crippen LogP contribution in [0.4, 0.5) is 0 Å². The number of rotatable bonds is 4. The van der Waals surface area contributed by atoms with E-state index in [0.717, 1.165) is 23.4 Å². The van der Waals surface area contributed by atoms with Gasteiger partial charge in [0, 0.05) is 31.7 Å². The highest BCUT2D eigenvalue weighted by Gasteiger charge is 2.37. The molecule has 5 heteroatoms. The monoisotopic (exact) mass is 277 g/mol. The van der Waals surface area contributed by atoms with Gasteiger partial charge >= 0.3 is 0 Å². The number of carbonyl (C=O) groups is 1. The number of amides is 1. The highest BCUT2D eigenvalue weighted by Crippen LogP contribution is 2.26. The molecule has 20 heavy (non-hydrogen) atoms. The first-order valence-electron chi connectivity index (χ1n) is 6.88. The molecule has 0 radical (unpaired) electrons. The Labute approximate surface area is 120 Å². The molecule has 110 valence electrons. The highest BCUT2D eigenvalue weighted by molar-refractivity contribution is 5.86. The Kier molecular flexibility index (Phi) is 4.30. The fourth-order valence-corrected chi connectivity index (χ4v) is 2.51. The minimum Gasteiger partial charge on any atom is -0.496 e. The molecule has 0 atom stereocenters. The van der Waals surface area contributed by atoms with Crippen LogP contribution in [0.15, 0.2) is 18.2 Å². The number of nitrogens with two attached hydrogens (primary N) is 1. The van der Waals surface area contributed by atoms with Crippen molar-refractivity contribution in [2.45, 2.75) is 32.5 Å². The third-order valence-electron chi connectivity index (χ3n) is 3.96. The van der Waals surface area contributed by atoms with Gasteiger partial charge in [-0.3, -0.25) is 9.69 Å². The molecule has 1 aliphatic heterocycles. The number of benzene rings is 1. The van der Waals surface area contributed by atoms with Crippen LogP contribution >= 0.6 is 0 Å². The van der Waals surface area contributed by atoms with Gasteiger partial charge in [-0.2, -0.15) is 0 Å². The Hall–Kier alpha value is -1.59. The van der Waals surface area contributed by atoms with Gasteiger partial charge < -0.3 is 15.8 Å². The summed E-state index contributed by atoms with van der Waals surface area (Å²) >= 11 is 0. The zero-order valence-corrected chi connectivity index (χ0v) is 12.4. The maximum Gasteiger partial charge on any atom is 0.240 e. The number of carbonyl (C=O) groups excluding carboxylic acids is 1. The van der Waals surface area contributed by atoms with Gasteiger partial charge in [0.2, 0.25) is 5.91 Å². The van der Waals surface area contributed by atoms with Crippen LogP contribution in [0.2, 0.25) is 0 Å². The van der Waals surface area contributed by atoms with Crippen molar-refractivity contribution >= 4 is 5.91 Å². The van der Waals surface area contributed by atoms with Crippen LogP contribution in [0, 0.1) is 0 Å². The summed E-state index contributed by atoms with van der Waals surface area (Å²) in [7, 11) is 1.66. The molecular formula is C15H23N3O2. The summed E-state index contributed by atoms with van der Waals surface area (Å²) in [6.45, 7) is 6.58. The first-order chi connectivity index (χ1) is 9.48. The van der Waals surface area contributed by atoms with E-state index in [1.54, 1.807) is 7.11 Å². The molecule has 1 aromatic rings. The summed E-state index contributed by atoms with van der Waals surface area (Å²) in [5, 5.41) is 2.91. The van der Waals surface area contributed by atoms with Crippen LogP contribution in [0.25, 0.3) is 0 Å². The summed E-state index contributed by atoms with van der Waals surface area (Å²) in [5.41, 5.74) is 7.33. The van der Waals surface area contributed by atoms with Gasteiger partial charge in [0.25, 0.3) is 0 Å². The Morgan fingerprint density at radius 3 is 2.85 bits per heavy atom. The summed E-state index contributed by atoms with van der Waals surface area (Å²) in [6.07, 6.45) is 0. The van der Waals surface area contributed by atoms with Crippen LogP contribution in [0.3, 0.4) is 0 Å². The average Bonchev–Trinajstić information content (AvgIpc) is 2.44. The van der Waals surface area contributed by atoms with E-state index in [2.05, 4.69) is 16.3 Å². The fourth-order valence-electron chi connectivity index (χ4n) is 2.51. The molecule has 0 spiro atoms. The Morgan fingerprint density at radius 1 is 1.45 bits per heavy atom. The molecule has 0 bridgehead atoms. The van der Waals surface area contributed by atoms with Crippen LogP contribution < -0.4 is 15.8 Å². The van der Waals surface area contributed by atoms with Crippen LogP contribution in [-0.4, -0.2) is 36.5 Å². The van der Waals surface area contributed by atoms with E-state index in [-0.39, 0.29) is 5.91 Å². The van der Waals surface area contributed by atoms with Crippen molar-refractivity contribution < 1.29 is 9.53 Å². The van der Waals surface area contributed by atoms with E-state index in [0.29, 0.717) is 19.6 Å². The van der Waals surface area contributed by atoms with Gasteiger partial charge in [-0.15, -0.1) is 0 Å². The van der Waals surface area contributed by atoms with Crippen molar-refractivity contribution in [3.8, 4) is 5.75 Å². The molecule has 1 aliphatic rings. The smallest absolute Gasteiger partial charge is 0.240 e. The third-order valence-corrected chi connectivity index (χ3v) is 3.96. The van der Waals surface area contributed by atoms with Gasteiger partial charge in [-0.25, -0.2) is 0 Å². The third kappa shape index (κ3) is 2.78. The van der Waals surface area contributed by atoms with E-state index >= 15 is 0 Å². The number of nitrogens with one attached hydrogen (secondary N) is 1. The number of hydrogen-bond donors (Lipinski definition) is 2. The predicted octanol–water partition coefficient (Wildman–Crippen LogP) is 0.864. The molecule has 1 saturated heterocycles. The van der Waals surface area contributed by atoms with Gasteiger partial charge in [-0.1, -0.05) is 6.07 Å². The second-order valence-corrected chi connectivity index (χ2v) is 5.59. The van der Waals surface area contributed by atoms with E-state index in [4.69, 9.17) is 10.5 Å². The second-order valence-electron chi connectivity index (χ2n) is 5.59. The Bertz CT molecular complexity index is 500. The topological polar surface area (TPSA) is 67.6 Å². The number of methoxy groups -OCH3 is 1. The maximum atomic E-state index is 12.0. The van der Waals surface area contributed by atoms with Crippen LogP contribution in [0.1, 0.15) is 25.0 Å². The molecule has 0 aliphatic carbocycles. The average molecular weight is 277 g/mol. The largest absolute Gasteiger partial charge is 0.496 e. The number of piperazine rings is 1. The normalized spacial score (nSPS) is 18.7. The van der Waals surface area contributed by atoms with Crippen LogP contribution in [-0.2, 0) is 17.9 Å². The lowest BCUT2D eigenvalue weighted by atomic mass is 9.97. The Morgan fingerprint density at radius 2 is 2.20 bits per heavy atom. The van der Waals surface area contributed by atoms with E-state index in [1.165, 1.54) is 0 Å². The fraction of sp³-hybridized carbons (Fsp3) is 0.533. The number of nitrogens with zero attached hydrogens (tertiary/aromatic N) is 1. The summed E-state index contributed by atoms with van der Waals surface area (Å²) in [6, 6.07) is 5.96. The van der Waals surface area contributed by atoms with Crippen molar-refractivity contribution in [2.24, 2.45) is 5.73 Å². The quantitative estimate of drug-likeness (QED) is 0.857. The first-order valence-corrected chi connectivity index (χ1v) is 6.88. The zero-order valence-electron chi connectivity index (χ0n) is 12.4. The molecular weight excluding hydrogens is 254 g/mol. The minimum atomic E-state index is -0.512. The predicted molar refractivity (Wildman–Crippen MR) is 78.4 cm³/mol. The van der Waals surface area contributed by atoms with Gasteiger partial charge in [-0.05, 0) is 31.5 Å². The molecule has 1 fully saturated rings. The van der Waals surface area contributed by atoms with Crippen molar-refractivity contribution in [3.05, 3.63) is 29.3 Å². The van der Waals surface area contributed by atoms with E-state index < -0.39 is 5.54 Å². The lowest BCUT2D eigenvalue weighted by molar-refractivity contribution is -0.135. The molecule has 1 amide bonds. The molecule has 2 rings (SSSR count). The van der Waals surface area contributed by atoms with Gasteiger partial charge in [0.05, 0.1) is 12.6 Å². The van der Waals surface area contributed by atoms with E-state index in [1.807, 2.05) is 26.0 Å². The van der Waals surface area contributed by atoms with E-state index in [9.17, 15) is 4.79 Å². The molecule has 0 unspecified atom stereocenters. The van der Waals surface area contributed by atoms with Gasteiger partial charge in [0.1, 0.15) is 5.75 Å². The minimum absolute atomic E-state index is 0.0673. The highest BCUT2D eigenvalue weighted by atomic mass is 16.5. The Balaban J connectivity index is 2.26. The number of hydrogen-bond acceptors (Lipinski definition) is 4. The maximum absolute atomic E-state index is 12.0. The zero-order chi connectivity index (χ0) is 14.8. The van der Waals surface area contributed by atoms with Crippen molar-refractivity contribution in [1.82, 2.24) is 10.2 Å². The van der Waals surface area contributed by atoms with Crippen molar-refractivity contribution in [1.29, 1.82) is 0 Å². The van der Waals surface area contributed by atoms with Gasteiger partial charge in [0.15, 0.2) is 0 Å². The van der Waals surface area contributed by atoms with Crippen molar-refractivity contribution in [3.63, 3.8) is 0 Å². The lowest BCUT2D eigenvalue weighted by Gasteiger charge is -2.41.